The van der Waals surface area contributed by atoms with Crippen LogP contribution in [0.2, 0.25) is 0 Å². The van der Waals surface area contributed by atoms with Crippen LogP contribution in [0, 0.1) is 0 Å². The van der Waals surface area contributed by atoms with Crippen molar-refractivity contribution in [2.24, 2.45) is 5.10 Å². The first-order chi connectivity index (χ1) is 13.3. The van der Waals surface area contributed by atoms with Crippen molar-refractivity contribution in [3.8, 4) is 11.5 Å². The molecule has 0 aromatic heterocycles. The molecule has 0 fully saturated rings. The second-order valence-electron chi connectivity index (χ2n) is 6.33. The van der Waals surface area contributed by atoms with E-state index in [-0.39, 0.29) is 18.0 Å². The van der Waals surface area contributed by atoms with Gasteiger partial charge in [-0.15, -0.1) is 0 Å². The van der Waals surface area contributed by atoms with Crippen LogP contribution in [0.15, 0.2) is 46.0 Å². The van der Waals surface area contributed by atoms with Gasteiger partial charge in [0.05, 0.1) is 17.8 Å². The Kier molecular flexibility index (Phi) is 7.57. The highest BCUT2D eigenvalue weighted by Crippen LogP contribution is 2.34. The summed E-state index contributed by atoms with van der Waals surface area (Å²) in [4.78, 5) is 23.7. The minimum Gasteiger partial charge on any atom is -0.503 e. The summed E-state index contributed by atoms with van der Waals surface area (Å²) in [6.07, 6.45) is 1.34. The minimum atomic E-state index is -0.875. The molecule has 0 bridgehead atoms. The Hall–Kier alpha value is -2.87. The van der Waals surface area contributed by atoms with Crippen LogP contribution in [-0.4, -0.2) is 30.2 Å². The number of amides is 2. The molecule has 0 aliphatic carbocycles. The van der Waals surface area contributed by atoms with E-state index in [4.69, 9.17) is 4.74 Å². The van der Waals surface area contributed by atoms with Gasteiger partial charge < -0.3 is 15.2 Å². The number of nitrogens with zero attached hydrogens (tertiary/aromatic N) is 1. The lowest BCUT2D eigenvalue weighted by atomic mass is 10.0. The fourth-order valence-corrected chi connectivity index (χ4v) is 2.78. The molecular formula is C20H22BrN3O4. The number of methoxy groups -OCH3 is 1. The number of hydrogen-bond donors (Lipinski definition) is 3. The molecule has 0 atom stereocenters. The van der Waals surface area contributed by atoms with Gasteiger partial charge in [-0.2, -0.15) is 5.10 Å². The highest BCUT2D eigenvalue weighted by atomic mass is 79.9. The van der Waals surface area contributed by atoms with Gasteiger partial charge in [-0.3, -0.25) is 9.59 Å². The number of phenols is 1. The van der Waals surface area contributed by atoms with Crippen molar-refractivity contribution < 1.29 is 19.4 Å². The van der Waals surface area contributed by atoms with E-state index in [0.29, 0.717) is 16.0 Å². The van der Waals surface area contributed by atoms with Crippen LogP contribution in [0.1, 0.15) is 36.5 Å². The van der Waals surface area contributed by atoms with Gasteiger partial charge >= 0.3 is 11.8 Å². The van der Waals surface area contributed by atoms with E-state index in [0.717, 1.165) is 5.56 Å². The van der Waals surface area contributed by atoms with E-state index in [2.05, 4.69) is 45.6 Å². The van der Waals surface area contributed by atoms with Gasteiger partial charge in [-0.1, -0.05) is 38.1 Å². The van der Waals surface area contributed by atoms with Gasteiger partial charge in [0, 0.05) is 6.54 Å². The van der Waals surface area contributed by atoms with Gasteiger partial charge in [-0.25, -0.2) is 5.43 Å². The Labute approximate surface area is 171 Å². The first-order valence-electron chi connectivity index (χ1n) is 8.58. The van der Waals surface area contributed by atoms with E-state index in [1.54, 1.807) is 6.07 Å². The largest absolute Gasteiger partial charge is 0.503 e. The summed E-state index contributed by atoms with van der Waals surface area (Å²) in [5.41, 5.74) is 4.83. The molecule has 2 rings (SSSR count). The van der Waals surface area contributed by atoms with Crippen molar-refractivity contribution in [2.75, 3.05) is 7.11 Å². The predicted molar refractivity (Wildman–Crippen MR) is 110 cm³/mol. The smallest absolute Gasteiger partial charge is 0.329 e. The standard InChI is InChI=1S/C20H22BrN3O4/c1-12(2)15-6-4-13(5-7-15)10-22-19(26)20(27)24-23-11-14-8-16(21)18(25)17(9-14)28-3/h4-9,11-12,25H,10H2,1-3H3,(H,22,26)(H,24,27)/b23-11-. The number of nitrogens with one attached hydrogen (secondary N) is 2. The molecule has 0 unspecified atom stereocenters. The monoisotopic (exact) mass is 447 g/mol. The molecule has 8 heteroatoms. The topological polar surface area (TPSA) is 100 Å². The van der Waals surface area contributed by atoms with Crippen LogP contribution >= 0.6 is 15.9 Å². The van der Waals surface area contributed by atoms with Crippen LogP contribution in [0.4, 0.5) is 0 Å². The van der Waals surface area contributed by atoms with Crippen LogP contribution in [0.3, 0.4) is 0 Å². The number of aromatic hydroxyl groups is 1. The lowest BCUT2D eigenvalue weighted by molar-refractivity contribution is -0.139. The number of carbonyl (C=O) groups is 2. The predicted octanol–water partition coefficient (Wildman–Crippen LogP) is 3.05. The maximum Gasteiger partial charge on any atom is 0.329 e. The molecule has 148 valence electrons. The third-order valence-corrected chi connectivity index (χ3v) is 4.56. The van der Waals surface area contributed by atoms with Crippen molar-refractivity contribution in [3.63, 3.8) is 0 Å². The number of rotatable bonds is 6. The highest BCUT2D eigenvalue weighted by Gasteiger charge is 2.12. The van der Waals surface area contributed by atoms with Crippen molar-refractivity contribution in [1.82, 2.24) is 10.7 Å². The third kappa shape index (κ3) is 5.82. The van der Waals surface area contributed by atoms with Crippen molar-refractivity contribution >= 4 is 34.0 Å². The Bertz CT molecular complexity index is 880. The Morgan fingerprint density at radius 2 is 1.89 bits per heavy atom. The molecule has 2 aromatic rings. The van der Waals surface area contributed by atoms with Gasteiger partial charge in [0.1, 0.15) is 0 Å². The van der Waals surface area contributed by atoms with Crippen LogP contribution in [0.5, 0.6) is 11.5 Å². The quantitative estimate of drug-likeness (QED) is 0.359. The van der Waals surface area contributed by atoms with E-state index < -0.39 is 11.8 Å². The molecule has 0 aliphatic heterocycles. The van der Waals surface area contributed by atoms with E-state index >= 15 is 0 Å². The Balaban J connectivity index is 1.88. The number of benzene rings is 2. The average molecular weight is 448 g/mol. The van der Waals surface area contributed by atoms with E-state index in [1.807, 2.05) is 24.3 Å². The number of hydrogen-bond acceptors (Lipinski definition) is 5. The summed E-state index contributed by atoms with van der Waals surface area (Å²) < 4.78 is 5.45. The van der Waals surface area contributed by atoms with Crippen molar-refractivity contribution in [1.29, 1.82) is 0 Å². The molecule has 3 N–H and O–H groups in total. The number of hydrazone groups is 1. The summed E-state index contributed by atoms with van der Waals surface area (Å²) in [5.74, 6) is -1.01. The average Bonchev–Trinajstić information content (AvgIpc) is 2.68. The zero-order chi connectivity index (χ0) is 20.7. The summed E-state index contributed by atoms with van der Waals surface area (Å²) in [6.45, 7) is 4.46. The summed E-state index contributed by atoms with van der Waals surface area (Å²) in [5, 5.41) is 16.1. The second kappa shape index (κ2) is 9.89. The molecular weight excluding hydrogens is 426 g/mol. The second-order valence-corrected chi connectivity index (χ2v) is 7.19. The molecule has 2 amide bonds. The molecule has 0 radical (unpaired) electrons. The third-order valence-electron chi connectivity index (χ3n) is 3.96. The van der Waals surface area contributed by atoms with Crippen LogP contribution in [-0.2, 0) is 16.1 Å². The Morgan fingerprint density at radius 3 is 2.50 bits per heavy atom. The molecule has 0 spiro atoms. The number of carbonyl (C=O) groups excluding carboxylic acids is 2. The van der Waals surface area contributed by atoms with Crippen LogP contribution < -0.4 is 15.5 Å². The fraction of sp³-hybridized carbons (Fsp3) is 0.250. The summed E-state index contributed by atoms with van der Waals surface area (Å²) in [6, 6.07) is 11.0. The van der Waals surface area contributed by atoms with Crippen molar-refractivity contribution in [3.05, 3.63) is 57.6 Å². The lowest BCUT2D eigenvalue weighted by Crippen LogP contribution is -2.37. The number of ether oxygens (including phenoxy) is 1. The molecule has 7 nitrogen and oxygen atoms in total. The van der Waals surface area contributed by atoms with E-state index in [1.165, 1.54) is 25.0 Å². The number of halogens is 1. The maximum atomic E-state index is 11.9. The normalized spacial score (nSPS) is 10.9. The molecule has 0 saturated heterocycles. The molecule has 0 aliphatic rings. The van der Waals surface area contributed by atoms with Gasteiger partial charge in [0.2, 0.25) is 0 Å². The van der Waals surface area contributed by atoms with Crippen LogP contribution in [0.25, 0.3) is 0 Å². The summed E-state index contributed by atoms with van der Waals surface area (Å²) >= 11 is 3.19. The molecule has 0 saturated carbocycles. The highest BCUT2D eigenvalue weighted by molar-refractivity contribution is 9.10. The first kappa shape index (κ1) is 21.4. The lowest BCUT2D eigenvalue weighted by Gasteiger charge is -2.08. The molecule has 2 aromatic carbocycles. The van der Waals surface area contributed by atoms with Gasteiger partial charge in [-0.05, 0) is 50.7 Å². The Morgan fingerprint density at radius 1 is 1.21 bits per heavy atom. The maximum absolute atomic E-state index is 11.9. The zero-order valence-electron chi connectivity index (χ0n) is 15.8. The molecule has 28 heavy (non-hydrogen) atoms. The summed E-state index contributed by atoms with van der Waals surface area (Å²) in [7, 11) is 1.42. The molecule has 0 heterocycles. The SMILES string of the molecule is COc1cc(/C=N\NC(=O)C(=O)NCc2ccc(C(C)C)cc2)cc(Br)c1O. The fourth-order valence-electron chi connectivity index (χ4n) is 2.32. The van der Waals surface area contributed by atoms with E-state index in [9.17, 15) is 14.7 Å². The van der Waals surface area contributed by atoms with Gasteiger partial charge in [0.25, 0.3) is 0 Å². The first-order valence-corrected chi connectivity index (χ1v) is 9.37. The van der Waals surface area contributed by atoms with Gasteiger partial charge in [0.15, 0.2) is 11.5 Å². The number of phenolic OH excluding ortho intramolecular Hbond substituents is 1. The van der Waals surface area contributed by atoms with Crippen molar-refractivity contribution in [2.45, 2.75) is 26.3 Å². The minimum absolute atomic E-state index is 0.0375. The zero-order valence-corrected chi connectivity index (χ0v) is 17.4.